The topological polar surface area (TPSA) is 41.6 Å². The van der Waals surface area contributed by atoms with Gasteiger partial charge in [0.15, 0.2) is 5.81 Å². The van der Waals surface area contributed by atoms with E-state index in [1.165, 1.54) is 5.56 Å². The van der Waals surface area contributed by atoms with Crippen molar-refractivity contribution in [2.75, 3.05) is 6.61 Å². The van der Waals surface area contributed by atoms with Crippen LogP contribution in [0.4, 0.5) is 4.79 Å². The monoisotopic (exact) mass is 203 g/mol. The van der Waals surface area contributed by atoms with Gasteiger partial charge in [0, 0.05) is 0 Å². The average Bonchev–Trinajstić information content (AvgIpc) is 3.01. The van der Waals surface area contributed by atoms with Crippen LogP contribution in [0.2, 0.25) is 0 Å². The van der Waals surface area contributed by atoms with Crippen LogP contribution in [0.15, 0.2) is 30.3 Å². The van der Waals surface area contributed by atoms with Gasteiger partial charge in [-0.05, 0) is 12.0 Å². The van der Waals surface area contributed by atoms with E-state index in [1.807, 2.05) is 18.2 Å². The molecule has 0 radical (unpaired) electrons. The van der Waals surface area contributed by atoms with Gasteiger partial charge in [-0.3, -0.25) is 4.79 Å². The highest BCUT2D eigenvalue weighted by molar-refractivity contribution is 6.57. The Balaban J connectivity index is 1.97. The van der Waals surface area contributed by atoms with Crippen LogP contribution < -0.4 is 5.32 Å². The number of hydrogen-bond acceptors (Lipinski definition) is 2. The summed E-state index contributed by atoms with van der Waals surface area (Å²) in [6, 6.07) is 10.3. The molecule has 1 aromatic carbocycles. The Morgan fingerprint density at radius 1 is 1.53 bits per heavy atom. The van der Waals surface area contributed by atoms with Crippen molar-refractivity contribution in [1.29, 1.82) is 0 Å². The molecule has 0 bridgehead atoms. The van der Waals surface area contributed by atoms with Crippen molar-refractivity contribution < 1.29 is 9.53 Å². The number of ether oxygens (including phenoxy) is 1. The summed E-state index contributed by atoms with van der Waals surface area (Å²) in [7, 11) is 1.54. The molecule has 1 fully saturated rings. The Hall–Kier alpha value is -1.29. The van der Waals surface area contributed by atoms with Crippen molar-refractivity contribution >= 4 is 13.7 Å². The normalized spacial score (nSPS) is 20.7. The number of amides is 1. The first-order valence-corrected chi connectivity index (χ1v) is 5.18. The maximum Gasteiger partial charge on any atom is 0.215 e. The van der Waals surface area contributed by atoms with Crippen molar-refractivity contribution in [2.24, 2.45) is 0 Å². The third-order valence-electron chi connectivity index (χ3n) is 2.49. The molecule has 1 aromatic rings. The second-order valence-corrected chi connectivity index (χ2v) is 3.87. The summed E-state index contributed by atoms with van der Waals surface area (Å²) in [6.45, 7) is 0.762. The molecule has 1 aliphatic rings. The summed E-state index contributed by atoms with van der Waals surface area (Å²) in [5.41, 5.74) is 1.23. The van der Waals surface area contributed by atoms with E-state index in [0.717, 1.165) is 13.0 Å². The van der Waals surface area contributed by atoms with Crippen molar-refractivity contribution in [3.8, 4) is 0 Å². The fourth-order valence-electron chi connectivity index (χ4n) is 1.69. The van der Waals surface area contributed by atoms with E-state index >= 15 is 0 Å². The molecule has 15 heavy (non-hydrogen) atoms. The van der Waals surface area contributed by atoms with E-state index in [1.54, 1.807) is 7.85 Å². The van der Waals surface area contributed by atoms with Gasteiger partial charge in [-0.1, -0.05) is 30.3 Å². The molecule has 4 heteroatoms. The lowest BCUT2D eigenvalue weighted by Gasteiger charge is -2.15. The molecule has 1 saturated heterocycles. The minimum atomic E-state index is 0.00595. The van der Waals surface area contributed by atoms with Crippen LogP contribution in [0.3, 0.4) is 0 Å². The van der Waals surface area contributed by atoms with Crippen molar-refractivity contribution in [3.05, 3.63) is 35.9 Å². The molecule has 0 spiro atoms. The number of carbonyl (C=O) groups is 1. The molecule has 1 amide bonds. The van der Waals surface area contributed by atoms with Gasteiger partial charge in [0.25, 0.3) is 0 Å². The Labute approximate surface area is 90.2 Å². The number of rotatable bonds is 4. The van der Waals surface area contributed by atoms with E-state index in [4.69, 9.17) is 4.74 Å². The van der Waals surface area contributed by atoms with Gasteiger partial charge in [0.2, 0.25) is 7.85 Å². The van der Waals surface area contributed by atoms with Crippen molar-refractivity contribution in [2.45, 2.75) is 18.6 Å². The zero-order chi connectivity index (χ0) is 10.7. The first-order valence-electron chi connectivity index (χ1n) is 5.18. The lowest BCUT2D eigenvalue weighted by atomic mass is 10.0. The molecule has 2 atom stereocenters. The predicted octanol–water partition coefficient (Wildman–Crippen LogP) is 0.339. The summed E-state index contributed by atoms with van der Waals surface area (Å²) in [5.74, 6) is 0.00595. The van der Waals surface area contributed by atoms with Gasteiger partial charge >= 0.3 is 0 Å². The molecule has 3 nitrogen and oxygen atoms in total. The van der Waals surface area contributed by atoms with Gasteiger partial charge in [-0.15, -0.1) is 0 Å². The van der Waals surface area contributed by atoms with Crippen LogP contribution in [0, 0.1) is 0 Å². The molecular weight excluding hydrogens is 189 g/mol. The van der Waals surface area contributed by atoms with E-state index in [0.29, 0.717) is 0 Å². The molecule has 1 aliphatic heterocycles. The number of benzene rings is 1. The minimum Gasteiger partial charge on any atom is -0.371 e. The number of nitrogens with one attached hydrogen (secondary N) is 1. The summed E-state index contributed by atoms with van der Waals surface area (Å²) in [5, 5.41) is 2.93. The SMILES string of the molecule is BC(=O)N[C@H](Cc1ccccc1)[C@@H]1CO1. The molecule has 1 N–H and O–H groups in total. The Bertz CT molecular complexity index is 338. The minimum absolute atomic E-state index is 0.00595. The number of carbonyl (C=O) groups excluding carboxylic acids is 1. The van der Waals surface area contributed by atoms with E-state index in [2.05, 4.69) is 17.4 Å². The fraction of sp³-hybridized carbons (Fsp3) is 0.364. The molecule has 2 rings (SSSR count). The summed E-state index contributed by atoms with van der Waals surface area (Å²) in [6.07, 6.45) is 1.04. The van der Waals surface area contributed by atoms with Gasteiger partial charge < -0.3 is 10.1 Å². The lowest BCUT2D eigenvalue weighted by Crippen LogP contribution is -2.39. The molecule has 0 aromatic heterocycles. The van der Waals surface area contributed by atoms with Crippen LogP contribution in [0.5, 0.6) is 0 Å². The summed E-state index contributed by atoms with van der Waals surface area (Å²) in [4.78, 5) is 11.0. The average molecular weight is 203 g/mol. The maximum absolute atomic E-state index is 11.0. The van der Waals surface area contributed by atoms with Gasteiger partial charge in [-0.2, -0.15) is 0 Å². The van der Waals surface area contributed by atoms with Crippen LogP contribution in [0.1, 0.15) is 5.56 Å². The van der Waals surface area contributed by atoms with E-state index < -0.39 is 0 Å². The lowest BCUT2D eigenvalue weighted by molar-refractivity contribution is 0.251. The zero-order valence-corrected chi connectivity index (χ0v) is 8.77. The summed E-state index contributed by atoms with van der Waals surface area (Å²) >= 11 is 0. The van der Waals surface area contributed by atoms with Gasteiger partial charge in [0.05, 0.1) is 12.6 Å². The number of epoxide rings is 1. The first kappa shape index (κ1) is 10.2. The molecular formula is C11H14BNO2. The Morgan fingerprint density at radius 3 is 2.73 bits per heavy atom. The smallest absolute Gasteiger partial charge is 0.215 e. The standard InChI is InChI=1S/C11H14BNO2/c12-11(14)13-9(10-7-15-10)6-8-4-2-1-3-5-8/h1-5,9-10H,6-7,12H2,(H,13,14)/t9-,10+/m1/s1. The van der Waals surface area contributed by atoms with Gasteiger partial charge in [-0.25, -0.2) is 0 Å². The third kappa shape index (κ3) is 3.10. The Morgan fingerprint density at radius 2 is 2.20 bits per heavy atom. The highest BCUT2D eigenvalue weighted by atomic mass is 16.6. The maximum atomic E-state index is 11.0. The molecule has 0 unspecified atom stereocenters. The second kappa shape index (κ2) is 4.49. The number of hydrogen-bond donors (Lipinski definition) is 1. The highest BCUT2D eigenvalue weighted by Crippen LogP contribution is 2.17. The Kier molecular flexibility index (Phi) is 3.06. The molecule has 78 valence electrons. The van der Waals surface area contributed by atoms with E-state index in [-0.39, 0.29) is 18.0 Å². The summed E-state index contributed by atoms with van der Waals surface area (Å²) < 4.78 is 5.23. The zero-order valence-electron chi connectivity index (χ0n) is 8.77. The van der Waals surface area contributed by atoms with Crippen LogP contribution in [0.25, 0.3) is 0 Å². The third-order valence-corrected chi connectivity index (χ3v) is 2.49. The fourth-order valence-corrected chi connectivity index (χ4v) is 1.69. The molecule has 0 aliphatic carbocycles. The second-order valence-electron chi connectivity index (χ2n) is 3.87. The van der Waals surface area contributed by atoms with Crippen molar-refractivity contribution in [1.82, 2.24) is 5.32 Å². The van der Waals surface area contributed by atoms with Crippen LogP contribution in [-0.2, 0) is 11.2 Å². The first-order chi connectivity index (χ1) is 7.25. The van der Waals surface area contributed by atoms with Crippen molar-refractivity contribution in [3.63, 3.8) is 0 Å². The van der Waals surface area contributed by atoms with E-state index in [9.17, 15) is 4.79 Å². The van der Waals surface area contributed by atoms with Crippen LogP contribution >= 0.6 is 0 Å². The highest BCUT2D eigenvalue weighted by Gasteiger charge is 2.33. The quantitative estimate of drug-likeness (QED) is 0.566. The largest absolute Gasteiger partial charge is 0.371 e. The molecule has 0 saturated carbocycles. The molecule has 1 heterocycles. The van der Waals surface area contributed by atoms with Gasteiger partial charge in [0.1, 0.15) is 6.10 Å². The predicted molar refractivity (Wildman–Crippen MR) is 60.7 cm³/mol. The van der Waals surface area contributed by atoms with Crippen LogP contribution in [-0.4, -0.2) is 32.4 Å².